The van der Waals surface area contributed by atoms with E-state index in [1.54, 1.807) is 0 Å². The molecule has 1 fully saturated rings. The lowest BCUT2D eigenvalue weighted by Crippen LogP contribution is -2.29. The minimum atomic E-state index is 0.470. The number of pyridine rings is 1. The number of nitrogens with one attached hydrogen (secondary N) is 1. The first-order valence-electron chi connectivity index (χ1n) is 7.05. The highest BCUT2D eigenvalue weighted by Crippen LogP contribution is 2.32. The number of terminal acetylenes is 1. The smallest absolute Gasteiger partial charge is 0.0791 e. The quantitative estimate of drug-likeness (QED) is 0.760. The molecule has 0 aliphatic heterocycles. The van der Waals surface area contributed by atoms with Crippen molar-refractivity contribution in [3.63, 3.8) is 0 Å². The predicted octanol–water partition coefficient (Wildman–Crippen LogP) is 2.43. The van der Waals surface area contributed by atoms with Crippen molar-refractivity contribution in [2.75, 3.05) is 18.0 Å². The zero-order chi connectivity index (χ0) is 13.7. The highest BCUT2D eigenvalue weighted by molar-refractivity contribution is 5.53. The van der Waals surface area contributed by atoms with Crippen LogP contribution in [0.15, 0.2) is 18.5 Å². The Hall–Kier alpha value is -1.53. The van der Waals surface area contributed by atoms with E-state index in [9.17, 15) is 0 Å². The van der Waals surface area contributed by atoms with Crippen molar-refractivity contribution >= 4 is 5.69 Å². The molecule has 19 heavy (non-hydrogen) atoms. The molecule has 3 heteroatoms. The van der Waals surface area contributed by atoms with Gasteiger partial charge in [0.1, 0.15) is 0 Å². The van der Waals surface area contributed by atoms with Crippen molar-refractivity contribution in [1.29, 1.82) is 0 Å². The molecule has 0 amide bonds. The van der Waals surface area contributed by atoms with Crippen LogP contribution in [0.1, 0.15) is 32.3 Å². The van der Waals surface area contributed by atoms with Crippen LogP contribution in [0.2, 0.25) is 0 Å². The van der Waals surface area contributed by atoms with E-state index in [0.717, 1.165) is 19.0 Å². The lowest BCUT2D eigenvalue weighted by atomic mass is 10.2. The molecule has 1 aliphatic carbocycles. The first-order valence-corrected chi connectivity index (χ1v) is 7.05. The molecule has 1 saturated carbocycles. The Morgan fingerprint density at radius 1 is 1.53 bits per heavy atom. The van der Waals surface area contributed by atoms with Gasteiger partial charge in [-0.15, -0.1) is 6.42 Å². The molecule has 0 spiro atoms. The lowest BCUT2D eigenvalue weighted by Gasteiger charge is -2.25. The predicted molar refractivity (Wildman–Crippen MR) is 80.0 cm³/mol. The number of hydrogen-bond acceptors (Lipinski definition) is 3. The van der Waals surface area contributed by atoms with Gasteiger partial charge < -0.3 is 10.2 Å². The molecule has 3 nitrogen and oxygen atoms in total. The van der Waals surface area contributed by atoms with Crippen molar-refractivity contribution < 1.29 is 0 Å². The molecule has 0 bridgehead atoms. The number of aromatic nitrogens is 1. The van der Waals surface area contributed by atoms with E-state index in [1.165, 1.54) is 24.1 Å². The monoisotopic (exact) mass is 257 g/mol. The van der Waals surface area contributed by atoms with Crippen LogP contribution in [0.25, 0.3) is 0 Å². The van der Waals surface area contributed by atoms with Crippen LogP contribution in [-0.2, 0) is 6.54 Å². The average molecular weight is 257 g/mol. The van der Waals surface area contributed by atoms with E-state index in [0.29, 0.717) is 12.6 Å². The minimum Gasteiger partial charge on any atom is -0.360 e. The maximum absolute atomic E-state index is 5.51. The number of hydrogen-bond donors (Lipinski definition) is 1. The Balaban J connectivity index is 2.12. The summed E-state index contributed by atoms with van der Waals surface area (Å²) >= 11 is 0. The summed E-state index contributed by atoms with van der Waals surface area (Å²) in [5, 5.41) is 3.45. The maximum atomic E-state index is 5.51. The van der Waals surface area contributed by atoms with Crippen LogP contribution >= 0.6 is 0 Å². The van der Waals surface area contributed by atoms with Gasteiger partial charge in [0.25, 0.3) is 0 Å². The first kappa shape index (κ1) is 13.9. The van der Waals surface area contributed by atoms with Crippen molar-refractivity contribution in [1.82, 2.24) is 10.3 Å². The summed E-state index contributed by atoms with van der Waals surface area (Å²) in [7, 11) is 0. The Kier molecular flexibility index (Phi) is 4.81. The van der Waals surface area contributed by atoms with E-state index < -0.39 is 0 Å². The van der Waals surface area contributed by atoms with E-state index >= 15 is 0 Å². The summed E-state index contributed by atoms with van der Waals surface area (Å²) in [6.07, 6.45) is 12.0. The standard InChI is InChI=1S/C16H23N3/c1-4-9-19(12-14-5-6-14)16-7-8-17-10-15(16)11-18-13(2)3/h1,7-8,10,13-14,18H,5-6,9,11-12H2,2-3H3. The van der Waals surface area contributed by atoms with Gasteiger partial charge in [-0.2, -0.15) is 0 Å². The third-order valence-electron chi connectivity index (χ3n) is 3.38. The number of anilines is 1. The highest BCUT2D eigenvalue weighted by Gasteiger charge is 2.25. The molecule has 2 rings (SSSR count). The van der Waals surface area contributed by atoms with Crippen LogP contribution < -0.4 is 10.2 Å². The van der Waals surface area contributed by atoms with E-state index in [1.807, 2.05) is 12.4 Å². The maximum Gasteiger partial charge on any atom is 0.0791 e. The SMILES string of the molecule is C#CCN(CC1CC1)c1ccncc1CNC(C)C. The average Bonchev–Trinajstić information content (AvgIpc) is 3.20. The minimum absolute atomic E-state index is 0.470. The summed E-state index contributed by atoms with van der Waals surface area (Å²) < 4.78 is 0. The van der Waals surface area contributed by atoms with Gasteiger partial charge in [0, 0.05) is 42.8 Å². The number of nitrogens with zero attached hydrogens (tertiary/aromatic N) is 2. The van der Waals surface area contributed by atoms with Crippen molar-refractivity contribution in [3.8, 4) is 12.3 Å². The Morgan fingerprint density at radius 2 is 2.32 bits per heavy atom. The van der Waals surface area contributed by atoms with Crippen molar-refractivity contribution in [2.45, 2.75) is 39.3 Å². The summed E-state index contributed by atoms with van der Waals surface area (Å²) in [5.74, 6) is 3.60. The fourth-order valence-corrected chi connectivity index (χ4v) is 2.15. The van der Waals surface area contributed by atoms with Crippen LogP contribution in [0.3, 0.4) is 0 Å². The van der Waals surface area contributed by atoms with E-state index in [-0.39, 0.29) is 0 Å². The fraction of sp³-hybridized carbons (Fsp3) is 0.562. The molecule has 1 aliphatic rings. The largest absolute Gasteiger partial charge is 0.360 e. The van der Waals surface area contributed by atoms with Crippen LogP contribution in [-0.4, -0.2) is 24.1 Å². The molecule has 0 unspecified atom stereocenters. The number of rotatable bonds is 7. The molecule has 1 aromatic rings. The molecule has 1 N–H and O–H groups in total. The van der Waals surface area contributed by atoms with Gasteiger partial charge in [-0.05, 0) is 24.8 Å². The van der Waals surface area contributed by atoms with Crippen LogP contribution in [0.4, 0.5) is 5.69 Å². The first-order chi connectivity index (χ1) is 9.20. The summed E-state index contributed by atoms with van der Waals surface area (Å²) in [6.45, 7) is 6.89. The zero-order valence-electron chi connectivity index (χ0n) is 11.9. The van der Waals surface area contributed by atoms with Gasteiger partial charge in [-0.3, -0.25) is 4.98 Å². The lowest BCUT2D eigenvalue weighted by molar-refractivity contribution is 0.586. The van der Waals surface area contributed by atoms with Gasteiger partial charge in [0.15, 0.2) is 0 Å². The second-order valence-electron chi connectivity index (χ2n) is 5.57. The van der Waals surface area contributed by atoms with Crippen LogP contribution in [0.5, 0.6) is 0 Å². The summed E-state index contributed by atoms with van der Waals surface area (Å²) in [4.78, 5) is 6.56. The van der Waals surface area contributed by atoms with Crippen LogP contribution in [0, 0.1) is 18.3 Å². The molecule has 102 valence electrons. The molecule has 1 aromatic heterocycles. The molecule has 0 saturated heterocycles. The highest BCUT2D eigenvalue weighted by atomic mass is 15.1. The molecule has 0 radical (unpaired) electrons. The van der Waals surface area contributed by atoms with Gasteiger partial charge in [-0.25, -0.2) is 0 Å². The van der Waals surface area contributed by atoms with Crippen molar-refractivity contribution in [3.05, 3.63) is 24.0 Å². The topological polar surface area (TPSA) is 28.2 Å². The van der Waals surface area contributed by atoms with Gasteiger partial charge in [0.2, 0.25) is 0 Å². The third kappa shape index (κ3) is 4.25. The molecule has 0 atom stereocenters. The fourth-order valence-electron chi connectivity index (χ4n) is 2.15. The Morgan fingerprint density at radius 3 is 2.95 bits per heavy atom. The normalized spacial score (nSPS) is 14.4. The molecular weight excluding hydrogens is 234 g/mol. The second kappa shape index (κ2) is 6.58. The zero-order valence-corrected chi connectivity index (χ0v) is 11.9. The molecule has 1 heterocycles. The Bertz CT molecular complexity index is 444. The van der Waals surface area contributed by atoms with Gasteiger partial charge in [0.05, 0.1) is 6.54 Å². The summed E-state index contributed by atoms with van der Waals surface area (Å²) in [6, 6.07) is 2.55. The molecule has 0 aromatic carbocycles. The van der Waals surface area contributed by atoms with E-state index in [4.69, 9.17) is 6.42 Å². The molecular formula is C16H23N3. The summed E-state index contributed by atoms with van der Waals surface area (Å²) in [5.41, 5.74) is 2.46. The third-order valence-corrected chi connectivity index (χ3v) is 3.38. The Labute approximate surface area is 116 Å². The second-order valence-corrected chi connectivity index (χ2v) is 5.57. The van der Waals surface area contributed by atoms with Crippen molar-refractivity contribution in [2.24, 2.45) is 5.92 Å². The van der Waals surface area contributed by atoms with Gasteiger partial charge >= 0.3 is 0 Å². The van der Waals surface area contributed by atoms with E-state index in [2.05, 4.69) is 41.0 Å². The van der Waals surface area contributed by atoms with Gasteiger partial charge in [-0.1, -0.05) is 19.8 Å².